The van der Waals surface area contributed by atoms with Crippen molar-refractivity contribution in [3.8, 4) is 23.0 Å². The lowest BCUT2D eigenvalue weighted by Gasteiger charge is -2.25. The molecule has 2 fully saturated rings. The summed E-state index contributed by atoms with van der Waals surface area (Å²) in [7, 11) is 0. The highest BCUT2D eigenvalue weighted by Crippen LogP contribution is 2.42. The molecule has 0 aliphatic heterocycles. The number of unbranched alkanes of at least 4 members (excludes halogenated alkanes) is 2. The second-order valence-corrected chi connectivity index (χ2v) is 14.9. The first-order valence-corrected chi connectivity index (χ1v) is 19.4. The van der Waals surface area contributed by atoms with E-state index in [2.05, 4.69) is 6.92 Å². The third-order valence-corrected chi connectivity index (χ3v) is 11.4. The molecule has 0 bridgehead atoms. The topological polar surface area (TPSA) is 50.1 Å². The highest BCUT2D eigenvalue weighted by molar-refractivity contribution is 7.25. The number of hydrogen-bond donors (Lipinski definition) is 0. The van der Waals surface area contributed by atoms with Crippen molar-refractivity contribution in [1.82, 2.24) is 0 Å². The van der Waals surface area contributed by atoms with Crippen molar-refractivity contribution in [3.63, 3.8) is 0 Å². The van der Waals surface area contributed by atoms with Crippen LogP contribution in [0.4, 0.5) is 17.6 Å². The molecule has 52 heavy (non-hydrogen) atoms. The van der Waals surface area contributed by atoms with E-state index in [1.807, 2.05) is 19.1 Å². The summed E-state index contributed by atoms with van der Waals surface area (Å²) in [4.78, 5) is 0. The number of benzene rings is 4. The van der Waals surface area contributed by atoms with Gasteiger partial charge in [0.1, 0.15) is 0 Å². The Hall–Kier alpha value is -4.18. The minimum Gasteiger partial charge on any atom is -0.490 e. The highest BCUT2D eigenvalue weighted by atomic mass is 32.1. The van der Waals surface area contributed by atoms with Gasteiger partial charge < -0.3 is 23.4 Å². The molecule has 0 radical (unpaired) electrons. The van der Waals surface area contributed by atoms with Crippen LogP contribution in [0.3, 0.4) is 0 Å². The van der Waals surface area contributed by atoms with Crippen LogP contribution in [0.1, 0.15) is 78.1 Å². The normalized spacial score (nSPS) is 14.7. The van der Waals surface area contributed by atoms with Gasteiger partial charge in [-0.25, -0.2) is 8.78 Å². The predicted octanol–water partition coefficient (Wildman–Crippen LogP) is 12.9. The Bertz CT molecular complexity index is 2010. The van der Waals surface area contributed by atoms with Crippen LogP contribution in [0.5, 0.6) is 23.0 Å². The van der Waals surface area contributed by atoms with Gasteiger partial charge in [-0.15, -0.1) is 11.3 Å². The fourth-order valence-corrected chi connectivity index (χ4v) is 7.60. The number of hydrogen-bond acceptors (Lipinski definition) is 6. The summed E-state index contributed by atoms with van der Waals surface area (Å²) in [5.41, 5.74) is 0.0414. The molecule has 0 amide bonds. The summed E-state index contributed by atoms with van der Waals surface area (Å²) in [6.45, 7) is 6.07. The molecule has 0 spiro atoms. The van der Waals surface area contributed by atoms with Gasteiger partial charge in [0.25, 0.3) is 0 Å². The Morgan fingerprint density at radius 3 is 1.33 bits per heavy atom. The van der Waals surface area contributed by atoms with E-state index in [-0.39, 0.29) is 34.2 Å². The molecule has 2 saturated carbocycles. The Labute approximate surface area is 304 Å². The van der Waals surface area contributed by atoms with Gasteiger partial charge in [-0.3, -0.25) is 0 Å². The van der Waals surface area contributed by atoms with E-state index in [1.165, 1.54) is 12.8 Å². The molecular formula is C42H44F4O5S. The molecule has 2 aliphatic rings. The van der Waals surface area contributed by atoms with Gasteiger partial charge in [0.2, 0.25) is 11.6 Å². The number of ether oxygens (including phenoxy) is 4. The van der Waals surface area contributed by atoms with E-state index >= 15 is 0 Å². The van der Waals surface area contributed by atoms with Gasteiger partial charge in [0.05, 0.1) is 35.8 Å². The predicted molar refractivity (Wildman–Crippen MR) is 199 cm³/mol. The van der Waals surface area contributed by atoms with Crippen LogP contribution in [0, 0.1) is 35.1 Å². The van der Waals surface area contributed by atoms with Crippen LogP contribution < -0.4 is 18.9 Å². The lowest BCUT2D eigenvalue weighted by atomic mass is 9.86. The van der Waals surface area contributed by atoms with Crippen LogP contribution in [-0.4, -0.2) is 26.4 Å². The highest BCUT2D eigenvalue weighted by Gasteiger charge is 2.24. The van der Waals surface area contributed by atoms with E-state index in [1.54, 1.807) is 36.4 Å². The quantitative estimate of drug-likeness (QED) is 0.0823. The second kappa shape index (κ2) is 16.2. The fraction of sp³-hybridized carbons (Fsp3) is 0.429. The smallest absolute Gasteiger partial charge is 0.208 e. The zero-order valence-electron chi connectivity index (χ0n) is 29.6. The molecule has 0 N–H and O–H groups in total. The van der Waals surface area contributed by atoms with Crippen molar-refractivity contribution < 1.29 is 40.9 Å². The second-order valence-electron chi connectivity index (χ2n) is 13.8. The van der Waals surface area contributed by atoms with E-state index in [0.717, 1.165) is 73.5 Å². The zero-order valence-corrected chi connectivity index (χ0v) is 30.5. The summed E-state index contributed by atoms with van der Waals surface area (Å²) >= 11 is 1.13. The van der Waals surface area contributed by atoms with Crippen molar-refractivity contribution >= 4 is 53.4 Å². The van der Waals surface area contributed by atoms with Crippen LogP contribution >= 0.6 is 11.3 Å². The largest absolute Gasteiger partial charge is 0.490 e. The third kappa shape index (κ3) is 7.36. The maximum Gasteiger partial charge on any atom is 0.208 e. The molecule has 8 rings (SSSR count). The van der Waals surface area contributed by atoms with E-state index < -0.39 is 23.3 Å². The SMILES string of the molecule is CCCCOc1ccc2c(oc3c(F)c(OCC4CCC4)ccc32)c1F.CCCCOc1ccc2c(sc3c(F)c(OCC4CCC4)ccc32)c1F. The van der Waals surface area contributed by atoms with Crippen molar-refractivity contribution in [3.05, 3.63) is 71.8 Å². The Balaban J connectivity index is 0.000000162. The summed E-state index contributed by atoms with van der Waals surface area (Å²) in [5.74, 6) is -0.150. The molecule has 276 valence electrons. The van der Waals surface area contributed by atoms with Gasteiger partial charge in [-0.05, 0) is 98.9 Å². The number of halogens is 4. The lowest BCUT2D eigenvalue weighted by Crippen LogP contribution is -2.19. The van der Waals surface area contributed by atoms with Crippen LogP contribution in [0.2, 0.25) is 0 Å². The van der Waals surface area contributed by atoms with Gasteiger partial charge >= 0.3 is 0 Å². The molecule has 2 heterocycles. The molecule has 5 nitrogen and oxygen atoms in total. The van der Waals surface area contributed by atoms with Gasteiger partial charge in [0, 0.05) is 21.5 Å². The number of fused-ring (bicyclic) bond motifs is 6. The van der Waals surface area contributed by atoms with Crippen LogP contribution in [0.25, 0.3) is 42.1 Å². The first-order chi connectivity index (χ1) is 25.4. The zero-order chi connectivity index (χ0) is 36.2. The molecule has 0 unspecified atom stereocenters. The average Bonchev–Trinajstić information content (AvgIpc) is 3.68. The molecule has 4 aromatic carbocycles. The molecule has 6 aromatic rings. The van der Waals surface area contributed by atoms with Crippen LogP contribution in [-0.2, 0) is 0 Å². The van der Waals surface area contributed by atoms with Crippen LogP contribution in [0.15, 0.2) is 52.9 Å². The summed E-state index contributed by atoms with van der Waals surface area (Å²) in [6.07, 6.45) is 10.7. The van der Waals surface area contributed by atoms with Crippen molar-refractivity contribution in [2.75, 3.05) is 26.4 Å². The number of thiophene rings is 1. The van der Waals surface area contributed by atoms with E-state index in [4.69, 9.17) is 23.4 Å². The van der Waals surface area contributed by atoms with Gasteiger partial charge in [-0.1, -0.05) is 39.5 Å². The standard InChI is InChI=1S/C21H22F2O3.C21H22F2O2S/c2*1-2-3-11-24-16-9-7-14-15-8-10-17(25-12-13-5-4-6-13)19(23)21(15)26-20(14)18(16)22/h2*7-10,13H,2-6,11-12H2,1H3. The minimum atomic E-state index is -0.592. The maximum absolute atomic E-state index is 14.9. The summed E-state index contributed by atoms with van der Waals surface area (Å²) in [5, 5.41) is 2.50. The molecular weight excluding hydrogens is 693 g/mol. The van der Waals surface area contributed by atoms with E-state index in [9.17, 15) is 17.6 Å². The summed E-state index contributed by atoms with van der Waals surface area (Å²) in [6, 6.07) is 13.5. The third-order valence-electron chi connectivity index (χ3n) is 10.1. The van der Waals surface area contributed by atoms with Gasteiger partial charge in [0.15, 0.2) is 45.8 Å². The molecule has 2 aromatic heterocycles. The molecule has 10 heteroatoms. The Morgan fingerprint density at radius 2 is 0.923 bits per heavy atom. The van der Waals surface area contributed by atoms with Crippen molar-refractivity contribution in [2.45, 2.75) is 78.1 Å². The fourth-order valence-electron chi connectivity index (χ4n) is 6.44. The Kier molecular flexibility index (Phi) is 11.3. The van der Waals surface area contributed by atoms with Crippen molar-refractivity contribution in [1.29, 1.82) is 0 Å². The van der Waals surface area contributed by atoms with E-state index in [0.29, 0.717) is 58.4 Å². The number of rotatable bonds is 14. The molecule has 2 aliphatic carbocycles. The summed E-state index contributed by atoms with van der Waals surface area (Å²) < 4.78 is 87.9. The first kappa shape index (κ1) is 36.2. The monoisotopic (exact) mass is 736 g/mol. The Morgan fingerprint density at radius 1 is 0.538 bits per heavy atom. The average molecular weight is 737 g/mol. The maximum atomic E-state index is 14.9. The first-order valence-electron chi connectivity index (χ1n) is 18.6. The lowest BCUT2D eigenvalue weighted by molar-refractivity contribution is 0.175. The molecule has 0 saturated heterocycles. The number of furan rings is 1. The van der Waals surface area contributed by atoms with Gasteiger partial charge in [-0.2, -0.15) is 8.78 Å². The minimum absolute atomic E-state index is 0.0176. The molecule has 0 atom stereocenters. The van der Waals surface area contributed by atoms with Crippen molar-refractivity contribution in [2.24, 2.45) is 11.8 Å².